The van der Waals surface area contributed by atoms with Crippen LogP contribution < -0.4 is 5.32 Å². The van der Waals surface area contributed by atoms with Gasteiger partial charge in [0.2, 0.25) is 0 Å². The number of aromatic nitrogens is 4. The minimum atomic E-state index is -0.243. The summed E-state index contributed by atoms with van der Waals surface area (Å²) in [6.45, 7) is 9.55. The Morgan fingerprint density at radius 1 is 0.960 bits per heavy atom. The van der Waals surface area contributed by atoms with E-state index in [1.54, 1.807) is 12.1 Å². The maximum absolute atomic E-state index is 13.1. The van der Waals surface area contributed by atoms with Crippen LogP contribution >= 0.6 is 0 Å². The van der Waals surface area contributed by atoms with Gasteiger partial charge in [0.25, 0.3) is 0 Å². The molecule has 5 nitrogen and oxygen atoms in total. The summed E-state index contributed by atoms with van der Waals surface area (Å²) in [7, 11) is 2.04. The van der Waals surface area contributed by atoms with Crippen LogP contribution in [-0.2, 0) is 20.1 Å². The smallest absolute Gasteiger partial charge is 0.123 e. The number of nitrogens with zero attached hydrogens (tertiary/aromatic N) is 4. The average molecular weight is 341 g/mol. The van der Waals surface area contributed by atoms with Crippen molar-refractivity contribution in [1.82, 2.24) is 24.6 Å². The van der Waals surface area contributed by atoms with Gasteiger partial charge >= 0.3 is 0 Å². The summed E-state index contributed by atoms with van der Waals surface area (Å²) in [6.07, 6.45) is 0. The second-order valence-electron chi connectivity index (χ2n) is 6.40. The van der Waals surface area contributed by atoms with Crippen molar-refractivity contribution in [3.8, 4) is 5.69 Å². The molecule has 0 fully saturated rings. The lowest BCUT2D eigenvalue weighted by Crippen LogP contribution is -2.17. The molecule has 2 heterocycles. The highest BCUT2D eigenvalue weighted by Gasteiger charge is 2.13. The van der Waals surface area contributed by atoms with E-state index in [-0.39, 0.29) is 5.82 Å². The number of benzene rings is 1. The van der Waals surface area contributed by atoms with E-state index in [0.717, 1.165) is 34.2 Å². The Morgan fingerprint density at radius 2 is 1.64 bits per heavy atom. The first-order chi connectivity index (χ1) is 11.9. The molecule has 1 aromatic carbocycles. The maximum Gasteiger partial charge on any atom is 0.123 e. The molecule has 0 unspecified atom stereocenters. The number of imidazole rings is 1. The molecule has 6 heteroatoms. The first-order valence-electron chi connectivity index (χ1n) is 8.39. The number of hydrogen-bond acceptors (Lipinski definition) is 3. The molecule has 2 aromatic heterocycles. The predicted octanol–water partition coefficient (Wildman–Crippen LogP) is 3.27. The van der Waals surface area contributed by atoms with Gasteiger partial charge in [-0.25, -0.2) is 14.1 Å². The first-order valence-corrected chi connectivity index (χ1v) is 8.39. The molecule has 1 N–H and O–H groups in total. The predicted molar refractivity (Wildman–Crippen MR) is 96.2 cm³/mol. The van der Waals surface area contributed by atoms with Crippen molar-refractivity contribution in [3.63, 3.8) is 0 Å². The molecule has 0 spiro atoms. The first kappa shape index (κ1) is 17.4. The third kappa shape index (κ3) is 3.35. The molecular weight excluding hydrogens is 317 g/mol. The molecule has 132 valence electrons. The van der Waals surface area contributed by atoms with Gasteiger partial charge < -0.3 is 9.88 Å². The molecular formula is C19H24FN5. The zero-order valence-electron chi connectivity index (χ0n) is 15.4. The quantitative estimate of drug-likeness (QED) is 0.775. The van der Waals surface area contributed by atoms with Gasteiger partial charge in [0.1, 0.15) is 11.6 Å². The second kappa shape index (κ2) is 6.80. The number of rotatable bonds is 5. The summed E-state index contributed by atoms with van der Waals surface area (Å²) in [6, 6.07) is 6.39. The average Bonchev–Trinajstić information content (AvgIpc) is 3.00. The van der Waals surface area contributed by atoms with E-state index in [1.807, 2.05) is 32.5 Å². The van der Waals surface area contributed by atoms with Crippen molar-refractivity contribution in [2.45, 2.75) is 40.8 Å². The molecule has 0 aliphatic heterocycles. The summed E-state index contributed by atoms with van der Waals surface area (Å²) in [4.78, 5) is 4.59. The Balaban J connectivity index is 1.75. The molecule has 3 aromatic rings. The molecule has 3 rings (SSSR count). The van der Waals surface area contributed by atoms with E-state index < -0.39 is 0 Å². The van der Waals surface area contributed by atoms with E-state index in [0.29, 0.717) is 13.1 Å². The van der Waals surface area contributed by atoms with Gasteiger partial charge in [-0.15, -0.1) is 0 Å². The van der Waals surface area contributed by atoms with Gasteiger partial charge in [0, 0.05) is 30.5 Å². The topological polar surface area (TPSA) is 47.7 Å². The monoisotopic (exact) mass is 341 g/mol. The molecule has 0 atom stereocenters. The molecule has 0 amide bonds. The lowest BCUT2D eigenvalue weighted by molar-refractivity contribution is 0.626. The van der Waals surface area contributed by atoms with Crippen molar-refractivity contribution >= 4 is 0 Å². The summed E-state index contributed by atoms with van der Waals surface area (Å²) in [5.41, 5.74) is 6.31. The Labute approximate surface area is 147 Å². The molecule has 0 saturated heterocycles. The fraction of sp³-hybridized carbons (Fsp3) is 0.368. The van der Waals surface area contributed by atoms with Crippen molar-refractivity contribution in [2.75, 3.05) is 0 Å². The van der Waals surface area contributed by atoms with Crippen LogP contribution in [0.1, 0.15) is 34.2 Å². The Bertz CT molecular complexity index is 890. The Kier molecular flexibility index (Phi) is 4.72. The molecule has 0 saturated carbocycles. The third-order valence-corrected chi connectivity index (χ3v) is 4.81. The molecule has 0 radical (unpaired) electrons. The van der Waals surface area contributed by atoms with E-state index in [1.165, 1.54) is 17.8 Å². The van der Waals surface area contributed by atoms with Gasteiger partial charge in [-0.1, -0.05) is 0 Å². The van der Waals surface area contributed by atoms with E-state index in [9.17, 15) is 4.39 Å². The van der Waals surface area contributed by atoms with Crippen molar-refractivity contribution < 1.29 is 4.39 Å². The Morgan fingerprint density at radius 3 is 2.24 bits per heavy atom. The van der Waals surface area contributed by atoms with Crippen LogP contribution in [0.25, 0.3) is 5.69 Å². The van der Waals surface area contributed by atoms with Gasteiger partial charge in [-0.3, -0.25) is 0 Å². The van der Waals surface area contributed by atoms with Crippen LogP contribution in [-0.4, -0.2) is 19.3 Å². The zero-order chi connectivity index (χ0) is 18.1. The summed E-state index contributed by atoms with van der Waals surface area (Å²) in [5, 5.41) is 8.06. The van der Waals surface area contributed by atoms with Gasteiger partial charge in [0.05, 0.1) is 23.6 Å². The summed E-state index contributed by atoms with van der Waals surface area (Å²) in [5.74, 6) is 0.782. The standard InChI is InChI=1S/C19H24FN5/c1-12-14(3)24(5)19(22-12)11-21-10-18-13(2)23-25(15(18)4)17-8-6-16(20)7-9-17/h6-9,21H,10-11H2,1-5H3. The van der Waals surface area contributed by atoms with Crippen LogP contribution in [0.15, 0.2) is 24.3 Å². The molecule has 0 bridgehead atoms. The highest BCUT2D eigenvalue weighted by molar-refractivity contribution is 5.37. The van der Waals surface area contributed by atoms with E-state index >= 15 is 0 Å². The van der Waals surface area contributed by atoms with Gasteiger partial charge in [0.15, 0.2) is 0 Å². The fourth-order valence-electron chi connectivity index (χ4n) is 3.01. The maximum atomic E-state index is 13.1. The highest BCUT2D eigenvalue weighted by atomic mass is 19.1. The summed E-state index contributed by atoms with van der Waals surface area (Å²) < 4.78 is 17.1. The van der Waals surface area contributed by atoms with Crippen LogP contribution in [0.2, 0.25) is 0 Å². The van der Waals surface area contributed by atoms with Crippen LogP contribution in [0.3, 0.4) is 0 Å². The number of halogens is 1. The Hall–Kier alpha value is -2.47. The fourth-order valence-corrected chi connectivity index (χ4v) is 3.01. The molecule has 25 heavy (non-hydrogen) atoms. The molecule has 0 aliphatic carbocycles. The van der Waals surface area contributed by atoms with Gasteiger partial charge in [-0.2, -0.15) is 5.10 Å². The van der Waals surface area contributed by atoms with Crippen molar-refractivity contribution in [3.05, 3.63) is 64.2 Å². The second-order valence-corrected chi connectivity index (χ2v) is 6.40. The SMILES string of the molecule is Cc1nn(-c2ccc(F)cc2)c(C)c1CNCc1nc(C)c(C)n1C. The normalized spacial score (nSPS) is 11.3. The molecule has 0 aliphatic rings. The van der Waals surface area contributed by atoms with Crippen molar-refractivity contribution in [2.24, 2.45) is 7.05 Å². The number of hydrogen-bond donors (Lipinski definition) is 1. The van der Waals surface area contributed by atoms with Crippen LogP contribution in [0, 0.1) is 33.5 Å². The number of aryl methyl sites for hydroxylation is 2. The largest absolute Gasteiger partial charge is 0.334 e. The van der Waals surface area contributed by atoms with E-state index in [2.05, 4.69) is 26.9 Å². The number of nitrogens with one attached hydrogen (secondary N) is 1. The third-order valence-electron chi connectivity index (χ3n) is 4.81. The summed E-state index contributed by atoms with van der Waals surface area (Å²) >= 11 is 0. The van der Waals surface area contributed by atoms with Crippen LogP contribution in [0.5, 0.6) is 0 Å². The minimum absolute atomic E-state index is 0.243. The van der Waals surface area contributed by atoms with Gasteiger partial charge in [-0.05, 0) is 52.0 Å². The highest BCUT2D eigenvalue weighted by Crippen LogP contribution is 2.18. The van der Waals surface area contributed by atoms with Crippen LogP contribution in [0.4, 0.5) is 4.39 Å². The lowest BCUT2D eigenvalue weighted by atomic mass is 10.2. The van der Waals surface area contributed by atoms with E-state index in [4.69, 9.17) is 0 Å². The minimum Gasteiger partial charge on any atom is -0.334 e. The zero-order valence-corrected chi connectivity index (χ0v) is 15.4. The lowest BCUT2D eigenvalue weighted by Gasteiger charge is -2.07. The van der Waals surface area contributed by atoms with Crippen molar-refractivity contribution in [1.29, 1.82) is 0 Å².